The van der Waals surface area contributed by atoms with Gasteiger partial charge in [-0.2, -0.15) is 0 Å². The fraction of sp³-hybridized carbons (Fsp3) is 0.238. The first kappa shape index (κ1) is 22.3. The second-order valence-electron chi connectivity index (χ2n) is 6.45. The maximum Gasteiger partial charge on any atom is 0.379 e. The lowest BCUT2D eigenvalue weighted by Crippen LogP contribution is -2.19. The third-order valence-corrected chi connectivity index (χ3v) is 5.32. The molecule has 0 fully saturated rings. The van der Waals surface area contributed by atoms with Crippen molar-refractivity contribution in [3.8, 4) is 22.6 Å². The van der Waals surface area contributed by atoms with Gasteiger partial charge in [-0.15, -0.1) is 0 Å². The number of esters is 1. The first-order valence-corrected chi connectivity index (χ1v) is 9.95. The van der Waals surface area contributed by atoms with Gasteiger partial charge in [-0.25, -0.2) is 9.36 Å². The van der Waals surface area contributed by atoms with Gasteiger partial charge in [0, 0.05) is 10.5 Å². The molecule has 162 valence electrons. The largest absolute Gasteiger partial charge is 0.496 e. The maximum absolute atomic E-state index is 13.0. The Labute approximate surface area is 185 Å². The Morgan fingerprint density at radius 2 is 1.74 bits per heavy atom. The van der Waals surface area contributed by atoms with Crippen LogP contribution >= 0.6 is 15.9 Å². The van der Waals surface area contributed by atoms with E-state index < -0.39 is 16.7 Å². The highest BCUT2D eigenvalue weighted by molar-refractivity contribution is 9.10. The molecule has 10 heteroatoms. The molecular weight excluding hydrogens is 472 g/mol. The average Bonchev–Trinajstić information content (AvgIpc) is 3.06. The molecular formula is C21H19BrN2O7. The van der Waals surface area contributed by atoms with E-state index in [1.165, 1.54) is 31.9 Å². The molecule has 3 aromatic rings. The number of hydrogen-bond acceptors (Lipinski definition) is 7. The fourth-order valence-electron chi connectivity index (χ4n) is 3.53. The number of fused-ring (bicyclic) bond motifs is 1. The van der Waals surface area contributed by atoms with Crippen molar-refractivity contribution in [2.24, 2.45) is 7.05 Å². The number of aryl methyl sites for hydroxylation is 1. The molecule has 9 nitrogen and oxygen atoms in total. The lowest BCUT2D eigenvalue weighted by molar-refractivity contribution is -0.390. The van der Waals surface area contributed by atoms with Crippen LogP contribution in [0.4, 0.5) is 5.82 Å². The van der Waals surface area contributed by atoms with Crippen molar-refractivity contribution in [1.82, 2.24) is 4.57 Å². The minimum Gasteiger partial charge on any atom is -0.496 e. The molecule has 1 heterocycles. The van der Waals surface area contributed by atoms with E-state index in [0.717, 1.165) is 4.47 Å². The summed E-state index contributed by atoms with van der Waals surface area (Å²) in [7, 11) is 4.18. The van der Waals surface area contributed by atoms with E-state index in [0.29, 0.717) is 10.9 Å². The van der Waals surface area contributed by atoms with Crippen LogP contribution in [0.3, 0.4) is 0 Å². The molecule has 0 unspecified atom stereocenters. The zero-order valence-electron chi connectivity index (χ0n) is 17.2. The Kier molecular flexibility index (Phi) is 6.30. The van der Waals surface area contributed by atoms with Crippen LogP contribution in [0, 0.1) is 10.1 Å². The lowest BCUT2D eigenvalue weighted by atomic mass is 9.99. The summed E-state index contributed by atoms with van der Waals surface area (Å²) < 4.78 is 17.7. The van der Waals surface area contributed by atoms with Crippen LogP contribution in [0.25, 0.3) is 22.0 Å². The van der Waals surface area contributed by atoms with Crippen LogP contribution in [0.5, 0.6) is 11.5 Å². The molecule has 2 aromatic carbocycles. The number of ether oxygens (including phenoxy) is 3. The van der Waals surface area contributed by atoms with Crippen LogP contribution in [0.1, 0.15) is 17.3 Å². The van der Waals surface area contributed by atoms with Crippen LogP contribution in [0.2, 0.25) is 0 Å². The fourth-order valence-corrected chi connectivity index (χ4v) is 3.79. The number of ketones is 1. The number of halogens is 1. The Balaban J connectivity index is 2.53. The highest BCUT2D eigenvalue weighted by Gasteiger charge is 2.36. The normalized spacial score (nSPS) is 10.7. The van der Waals surface area contributed by atoms with Gasteiger partial charge in [0.1, 0.15) is 17.1 Å². The van der Waals surface area contributed by atoms with Crippen molar-refractivity contribution in [2.75, 3.05) is 20.8 Å². The molecule has 0 saturated carbocycles. The van der Waals surface area contributed by atoms with Crippen molar-refractivity contribution in [3.05, 3.63) is 50.5 Å². The smallest absolute Gasteiger partial charge is 0.379 e. The number of nitrogens with zero attached hydrogens (tertiary/aromatic N) is 2. The molecule has 0 aliphatic rings. The highest BCUT2D eigenvalue weighted by atomic mass is 79.9. The standard InChI is InChI=1S/C21H19BrN2O7/c1-5-31-21(26)19(25)17-14(30-4)10-13(29-3)16-15(11-6-8-12(22)9-7-11)20(24(27)28)23(2)18(16)17/h6-10H,5H2,1-4H3. The van der Waals surface area contributed by atoms with Gasteiger partial charge < -0.3 is 24.3 Å². The summed E-state index contributed by atoms with van der Waals surface area (Å²) in [6.07, 6.45) is 0. The molecule has 1 aromatic heterocycles. The number of carbonyl (C=O) groups is 2. The van der Waals surface area contributed by atoms with E-state index in [2.05, 4.69) is 15.9 Å². The number of aromatic nitrogens is 1. The first-order chi connectivity index (χ1) is 14.8. The zero-order chi connectivity index (χ0) is 22.9. The van der Waals surface area contributed by atoms with Gasteiger partial charge in [-0.3, -0.25) is 4.79 Å². The molecule has 0 saturated heterocycles. The van der Waals surface area contributed by atoms with Crippen molar-refractivity contribution < 1.29 is 28.7 Å². The van der Waals surface area contributed by atoms with E-state index in [-0.39, 0.29) is 40.6 Å². The minimum atomic E-state index is -1.08. The van der Waals surface area contributed by atoms with Crippen LogP contribution in [0.15, 0.2) is 34.8 Å². The second-order valence-corrected chi connectivity index (χ2v) is 7.37. The van der Waals surface area contributed by atoms with Gasteiger partial charge in [0.05, 0.1) is 38.8 Å². The van der Waals surface area contributed by atoms with E-state index in [1.807, 2.05) is 0 Å². The molecule has 31 heavy (non-hydrogen) atoms. The molecule has 3 rings (SSSR count). The summed E-state index contributed by atoms with van der Waals surface area (Å²) in [6.45, 7) is 1.58. The Bertz CT molecular complexity index is 1200. The third-order valence-electron chi connectivity index (χ3n) is 4.79. The van der Waals surface area contributed by atoms with Crippen LogP contribution in [-0.2, 0) is 16.6 Å². The van der Waals surface area contributed by atoms with Gasteiger partial charge in [0.25, 0.3) is 5.78 Å². The summed E-state index contributed by atoms with van der Waals surface area (Å²) in [5.74, 6) is -2.01. The van der Waals surface area contributed by atoms with Crippen LogP contribution in [-0.4, -0.2) is 42.1 Å². The van der Waals surface area contributed by atoms with E-state index in [1.54, 1.807) is 31.2 Å². The van der Waals surface area contributed by atoms with E-state index in [4.69, 9.17) is 14.2 Å². The number of methoxy groups -OCH3 is 2. The number of carbonyl (C=O) groups excluding carboxylic acids is 2. The quantitative estimate of drug-likeness (QED) is 0.160. The maximum atomic E-state index is 13.0. The van der Waals surface area contributed by atoms with Gasteiger partial charge >= 0.3 is 11.8 Å². The first-order valence-electron chi connectivity index (χ1n) is 9.15. The van der Waals surface area contributed by atoms with Crippen molar-refractivity contribution in [3.63, 3.8) is 0 Å². The molecule has 0 aliphatic heterocycles. The monoisotopic (exact) mass is 490 g/mol. The number of nitro groups is 1. The molecule has 0 spiro atoms. The van der Waals surface area contributed by atoms with E-state index in [9.17, 15) is 19.7 Å². The van der Waals surface area contributed by atoms with E-state index >= 15 is 0 Å². The highest BCUT2D eigenvalue weighted by Crippen LogP contribution is 2.47. The molecule has 0 radical (unpaired) electrons. The summed E-state index contributed by atoms with van der Waals surface area (Å²) >= 11 is 3.35. The SMILES string of the molecule is CCOC(=O)C(=O)c1c(OC)cc(OC)c2c(-c3ccc(Br)cc3)c([N+](=O)[O-])n(C)c12. The van der Waals surface area contributed by atoms with Gasteiger partial charge in [0.15, 0.2) is 5.52 Å². The van der Waals surface area contributed by atoms with Crippen LogP contribution < -0.4 is 9.47 Å². The Hall–Kier alpha value is -3.40. The Morgan fingerprint density at radius 3 is 2.26 bits per heavy atom. The molecule has 0 amide bonds. The summed E-state index contributed by atoms with van der Waals surface area (Å²) in [6, 6.07) is 8.35. The Morgan fingerprint density at radius 1 is 1.13 bits per heavy atom. The molecule has 0 N–H and O–H groups in total. The predicted molar refractivity (Wildman–Crippen MR) is 117 cm³/mol. The van der Waals surface area contributed by atoms with Crippen molar-refractivity contribution >= 4 is 44.4 Å². The second kappa shape index (κ2) is 8.76. The number of benzene rings is 2. The molecule has 0 bridgehead atoms. The predicted octanol–water partition coefficient (Wildman–Crippen LogP) is 4.28. The molecule has 0 aliphatic carbocycles. The zero-order valence-corrected chi connectivity index (χ0v) is 18.8. The topological polar surface area (TPSA) is 110 Å². The van der Waals surface area contributed by atoms with Crippen molar-refractivity contribution in [1.29, 1.82) is 0 Å². The number of Topliss-reactive ketones (excluding diaryl/α,β-unsaturated/α-hetero) is 1. The van der Waals surface area contributed by atoms with Gasteiger partial charge in [-0.05, 0) is 29.5 Å². The number of rotatable bonds is 7. The third kappa shape index (κ3) is 3.74. The summed E-state index contributed by atoms with van der Waals surface area (Å²) in [5.41, 5.74) is 0.801. The number of hydrogen-bond donors (Lipinski definition) is 0. The van der Waals surface area contributed by atoms with Crippen molar-refractivity contribution in [2.45, 2.75) is 6.92 Å². The summed E-state index contributed by atoms with van der Waals surface area (Å²) in [5, 5.41) is 12.4. The summed E-state index contributed by atoms with van der Waals surface area (Å²) in [4.78, 5) is 36.7. The van der Waals surface area contributed by atoms with Gasteiger partial charge in [0.2, 0.25) is 0 Å². The molecule has 0 atom stereocenters. The lowest BCUT2D eigenvalue weighted by Gasteiger charge is -2.12. The minimum absolute atomic E-state index is 0.00359. The van der Waals surface area contributed by atoms with Gasteiger partial charge in [-0.1, -0.05) is 28.1 Å². The average molecular weight is 491 g/mol.